The molecule has 2 heterocycles. The highest BCUT2D eigenvalue weighted by atomic mass is 16.4. The van der Waals surface area contributed by atoms with Gasteiger partial charge in [0.25, 0.3) is 0 Å². The average molecular weight is 304 g/mol. The first-order valence-electron chi connectivity index (χ1n) is 7.12. The second-order valence-corrected chi connectivity index (χ2v) is 5.29. The number of oxazole rings is 1. The number of aryl methyl sites for hydroxylation is 1. The molecule has 0 saturated carbocycles. The van der Waals surface area contributed by atoms with Crippen molar-refractivity contribution in [3.63, 3.8) is 0 Å². The number of para-hydroxylation sites is 1. The Hall–Kier alpha value is -3.21. The van der Waals surface area contributed by atoms with Crippen molar-refractivity contribution >= 4 is 28.0 Å². The van der Waals surface area contributed by atoms with Gasteiger partial charge >= 0.3 is 5.97 Å². The van der Waals surface area contributed by atoms with E-state index in [1.165, 1.54) is 0 Å². The van der Waals surface area contributed by atoms with Crippen LogP contribution in [-0.4, -0.2) is 21.0 Å². The van der Waals surface area contributed by atoms with Gasteiger partial charge < -0.3 is 9.52 Å². The summed E-state index contributed by atoms with van der Waals surface area (Å²) in [4.78, 5) is 20.4. The summed E-state index contributed by atoms with van der Waals surface area (Å²) in [5.41, 5.74) is 3.70. The van der Waals surface area contributed by atoms with E-state index < -0.39 is 5.97 Å². The Morgan fingerprint density at radius 2 is 1.87 bits per heavy atom. The fraction of sp³-hybridized carbons (Fsp3) is 0.0556. The van der Waals surface area contributed by atoms with Gasteiger partial charge in [-0.2, -0.15) is 0 Å². The molecule has 0 fully saturated rings. The predicted molar refractivity (Wildman–Crippen MR) is 86.4 cm³/mol. The molecule has 4 rings (SSSR count). The van der Waals surface area contributed by atoms with Crippen LogP contribution < -0.4 is 0 Å². The zero-order chi connectivity index (χ0) is 16.0. The highest BCUT2D eigenvalue weighted by Gasteiger charge is 2.13. The average Bonchev–Trinajstić information content (AvgIpc) is 2.92. The summed E-state index contributed by atoms with van der Waals surface area (Å²) in [5, 5.41) is 10.1. The molecule has 2 aromatic carbocycles. The van der Waals surface area contributed by atoms with Crippen LogP contribution in [-0.2, 0) is 0 Å². The minimum atomic E-state index is -0.971. The molecule has 23 heavy (non-hydrogen) atoms. The van der Waals surface area contributed by atoms with Crippen molar-refractivity contribution in [2.45, 2.75) is 6.92 Å². The Morgan fingerprint density at radius 1 is 1.04 bits per heavy atom. The largest absolute Gasteiger partial charge is 0.478 e. The molecule has 5 nitrogen and oxygen atoms in total. The second kappa shape index (κ2) is 4.91. The lowest BCUT2D eigenvalue weighted by Crippen LogP contribution is -2.00. The van der Waals surface area contributed by atoms with E-state index in [1.807, 2.05) is 30.3 Å². The molecule has 4 aromatic rings. The smallest absolute Gasteiger partial charge is 0.336 e. The number of carboxylic acid groups (broad SMARTS) is 1. The van der Waals surface area contributed by atoms with E-state index >= 15 is 0 Å². The van der Waals surface area contributed by atoms with Crippen molar-refractivity contribution in [2.75, 3.05) is 0 Å². The molecule has 0 amide bonds. The molecule has 0 unspecified atom stereocenters. The van der Waals surface area contributed by atoms with Gasteiger partial charge in [-0.05, 0) is 24.3 Å². The Morgan fingerprint density at radius 3 is 2.70 bits per heavy atom. The maximum atomic E-state index is 11.6. The van der Waals surface area contributed by atoms with Crippen LogP contribution in [0, 0.1) is 6.92 Å². The lowest BCUT2D eigenvalue weighted by molar-refractivity contribution is 0.0699. The topological polar surface area (TPSA) is 76.2 Å². The number of hydrogen-bond donors (Lipinski definition) is 1. The highest BCUT2D eigenvalue weighted by Crippen LogP contribution is 2.27. The van der Waals surface area contributed by atoms with Gasteiger partial charge in [0.2, 0.25) is 0 Å². The summed E-state index contributed by atoms with van der Waals surface area (Å²) in [6.45, 7) is 1.79. The van der Waals surface area contributed by atoms with Gasteiger partial charge in [-0.15, -0.1) is 0 Å². The van der Waals surface area contributed by atoms with E-state index in [1.54, 1.807) is 25.1 Å². The zero-order valence-corrected chi connectivity index (χ0v) is 12.3. The van der Waals surface area contributed by atoms with Crippen LogP contribution in [0.5, 0.6) is 0 Å². The Balaban J connectivity index is 1.97. The van der Waals surface area contributed by atoms with Crippen molar-refractivity contribution in [3.8, 4) is 11.3 Å². The van der Waals surface area contributed by atoms with Crippen LogP contribution in [0.2, 0.25) is 0 Å². The van der Waals surface area contributed by atoms with Crippen LogP contribution >= 0.6 is 0 Å². The molecule has 0 aliphatic rings. The fourth-order valence-electron chi connectivity index (χ4n) is 2.70. The number of hydrogen-bond acceptors (Lipinski definition) is 4. The molecule has 5 heteroatoms. The van der Waals surface area contributed by atoms with Crippen molar-refractivity contribution in [1.82, 2.24) is 9.97 Å². The standard InChI is InChI=1S/C18H12N2O3/c1-10-19-15-7-6-11(8-17(15)23-10)16-9-13(18(21)22)12-4-2-3-5-14(12)20-16/h2-9H,1H3,(H,21,22). The Labute approximate surface area is 131 Å². The third kappa shape index (κ3) is 2.23. The van der Waals surface area contributed by atoms with Crippen LogP contribution in [0.15, 0.2) is 52.9 Å². The summed E-state index contributed by atoms with van der Waals surface area (Å²) < 4.78 is 5.54. The van der Waals surface area contributed by atoms with Crippen molar-refractivity contribution < 1.29 is 14.3 Å². The molecule has 0 aliphatic carbocycles. The van der Waals surface area contributed by atoms with Gasteiger partial charge in [-0.25, -0.2) is 14.8 Å². The second-order valence-electron chi connectivity index (χ2n) is 5.29. The predicted octanol–water partition coefficient (Wildman–Crippen LogP) is 4.05. The van der Waals surface area contributed by atoms with Crippen LogP contribution in [0.25, 0.3) is 33.3 Å². The first-order chi connectivity index (χ1) is 11.1. The van der Waals surface area contributed by atoms with Gasteiger partial charge in [0.05, 0.1) is 16.8 Å². The Kier molecular flexibility index (Phi) is 2.87. The number of nitrogens with zero attached hydrogens (tertiary/aromatic N) is 2. The SMILES string of the molecule is Cc1nc2ccc(-c3cc(C(=O)O)c4ccccc4n3)cc2o1. The number of benzene rings is 2. The van der Waals surface area contributed by atoms with Crippen molar-refractivity contribution in [1.29, 1.82) is 0 Å². The Bertz CT molecular complexity index is 1070. The molecular formula is C18H12N2O3. The summed E-state index contributed by atoms with van der Waals surface area (Å²) in [6.07, 6.45) is 0. The number of pyridine rings is 1. The maximum Gasteiger partial charge on any atom is 0.336 e. The van der Waals surface area contributed by atoms with Crippen molar-refractivity contribution in [3.05, 3.63) is 60.0 Å². The number of aromatic nitrogens is 2. The molecular weight excluding hydrogens is 292 g/mol. The zero-order valence-electron chi connectivity index (χ0n) is 12.3. The fourth-order valence-corrected chi connectivity index (χ4v) is 2.70. The van der Waals surface area contributed by atoms with Crippen LogP contribution in [0.3, 0.4) is 0 Å². The number of aromatic carboxylic acids is 1. The summed E-state index contributed by atoms with van der Waals surface area (Å²) in [6, 6.07) is 14.4. The monoisotopic (exact) mass is 304 g/mol. The third-order valence-electron chi connectivity index (χ3n) is 3.74. The third-order valence-corrected chi connectivity index (χ3v) is 3.74. The first-order valence-corrected chi connectivity index (χ1v) is 7.12. The van der Waals surface area contributed by atoms with E-state index in [9.17, 15) is 9.90 Å². The van der Waals surface area contributed by atoms with Gasteiger partial charge in [-0.3, -0.25) is 0 Å². The summed E-state index contributed by atoms with van der Waals surface area (Å²) >= 11 is 0. The molecule has 0 saturated heterocycles. The molecule has 0 aliphatic heterocycles. The number of carbonyl (C=O) groups is 1. The molecule has 1 N–H and O–H groups in total. The van der Waals surface area contributed by atoms with Crippen LogP contribution in [0.1, 0.15) is 16.2 Å². The minimum absolute atomic E-state index is 0.236. The molecule has 112 valence electrons. The normalized spacial score (nSPS) is 11.2. The van der Waals surface area contributed by atoms with E-state index in [0.29, 0.717) is 28.1 Å². The lowest BCUT2D eigenvalue weighted by Gasteiger charge is -2.07. The van der Waals surface area contributed by atoms with E-state index in [2.05, 4.69) is 9.97 Å². The molecule has 2 aromatic heterocycles. The summed E-state index contributed by atoms with van der Waals surface area (Å²) in [7, 11) is 0. The minimum Gasteiger partial charge on any atom is -0.478 e. The van der Waals surface area contributed by atoms with Crippen LogP contribution in [0.4, 0.5) is 0 Å². The number of fused-ring (bicyclic) bond motifs is 2. The van der Waals surface area contributed by atoms with Gasteiger partial charge in [0, 0.05) is 17.9 Å². The molecule has 0 bridgehead atoms. The maximum absolute atomic E-state index is 11.6. The quantitative estimate of drug-likeness (QED) is 0.604. The van der Waals surface area contributed by atoms with E-state index in [0.717, 1.165) is 11.1 Å². The molecule has 0 spiro atoms. The van der Waals surface area contributed by atoms with Gasteiger partial charge in [-0.1, -0.05) is 24.3 Å². The van der Waals surface area contributed by atoms with E-state index in [4.69, 9.17) is 4.42 Å². The van der Waals surface area contributed by atoms with Gasteiger partial charge in [0.1, 0.15) is 5.52 Å². The highest BCUT2D eigenvalue weighted by molar-refractivity contribution is 6.03. The van der Waals surface area contributed by atoms with Gasteiger partial charge in [0.15, 0.2) is 11.5 Å². The number of rotatable bonds is 2. The lowest BCUT2D eigenvalue weighted by atomic mass is 10.0. The first kappa shape index (κ1) is 13.5. The summed E-state index contributed by atoms with van der Waals surface area (Å²) in [5.74, 6) is -0.378. The molecule has 0 atom stereocenters. The molecule has 0 radical (unpaired) electrons. The van der Waals surface area contributed by atoms with E-state index in [-0.39, 0.29) is 5.56 Å². The number of carboxylic acids is 1. The van der Waals surface area contributed by atoms with Crippen molar-refractivity contribution in [2.24, 2.45) is 0 Å².